The molecular formula is C20H25BrN2O4S. The molecule has 1 N–H and O–H groups in total. The normalized spacial score (nSPS) is 10.4. The highest BCUT2D eigenvalue weighted by molar-refractivity contribution is 9.11. The molecule has 0 atom stereocenters. The van der Waals surface area contributed by atoms with Crippen molar-refractivity contribution in [3.8, 4) is 11.5 Å². The molecule has 0 aliphatic carbocycles. The van der Waals surface area contributed by atoms with Gasteiger partial charge in [0.05, 0.1) is 28.4 Å². The molecule has 1 aromatic carbocycles. The number of hydrogen-bond acceptors (Lipinski definition) is 5. The molecule has 2 amide bonds. The Hall–Kier alpha value is -2.06. The topological polar surface area (TPSA) is 67.9 Å². The van der Waals surface area contributed by atoms with Crippen LogP contribution in [0.25, 0.3) is 0 Å². The van der Waals surface area contributed by atoms with Crippen LogP contribution in [0.3, 0.4) is 0 Å². The molecule has 0 fully saturated rings. The van der Waals surface area contributed by atoms with Crippen LogP contribution in [0, 0.1) is 0 Å². The van der Waals surface area contributed by atoms with Gasteiger partial charge in [-0.3, -0.25) is 9.59 Å². The van der Waals surface area contributed by atoms with Crippen molar-refractivity contribution >= 4 is 44.8 Å². The number of rotatable bonds is 10. The number of nitrogens with zero attached hydrogens (tertiary/aromatic N) is 1. The minimum atomic E-state index is -0.282. The van der Waals surface area contributed by atoms with E-state index in [1.54, 1.807) is 31.3 Å². The molecule has 8 heteroatoms. The predicted molar refractivity (Wildman–Crippen MR) is 116 cm³/mol. The number of likely N-dealkylation sites (N-methyl/N-ethyl adjacent to an activating group) is 1. The number of benzene rings is 1. The molecule has 0 saturated heterocycles. The summed E-state index contributed by atoms with van der Waals surface area (Å²) in [5.74, 6) is 0.779. The van der Waals surface area contributed by atoms with Crippen molar-refractivity contribution in [1.82, 2.24) is 4.90 Å². The number of carbonyl (C=O) groups excluding carboxylic acids is 2. The summed E-state index contributed by atoms with van der Waals surface area (Å²) in [5.41, 5.74) is 0.597. The minimum Gasteiger partial charge on any atom is -0.490 e. The molecular weight excluding hydrogens is 444 g/mol. The molecule has 152 valence electrons. The second kappa shape index (κ2) is 11.1. The van der Waals surface area contributed by atoms with Gasteiger partial charge in [-0.1, -0.05) is 13.8 Å². The number of thiophene rings is 1. The number of anilines is 1. The molecule has 2 rings (SSSR count). The predicted octanol–water partition coefficient (Wildman–Crippen LogP) is 4.80. The van der Waals surface area contributed by atoms with Crippen LogP contribution in [-0.4, -0.2) is 43.5 Å². The van der Waals surface area contributed by atoms with Crippen LogP contribution in [-0.2, 0) is 4.79 Å². The zero-order valence-corrected chi connectivity index (χ0v) is 18.7. The molecule has 6 nitrogen and oxygen atoms in total. The summed E-state index contributed by atoms with van der Waals surface area (Å²) in [5, 5.41) is 2.81. The van der Waals surface area contributed by atoms with E-state index >= 15 is 0 Å². The Bertz CT molecular complexity index is 809. The third-order valence-corrected chi connectivity index (χ3v) is 5.27. The summed E-state index contributed by atoms with van der Waals surface area (Å²) in [4.78, 5) is 26.7. The van der Waals surface area contributed by atoms with E-state index in [0.717, 1.165) is 16.6 Å². The SMILES string of the molecule is CCCOc1ccc(NC(=O)CN(C)C(=O)c2ccc(Br)s2)cc1OCCC. The Balaban J connectivity index is 2.00. The Kier molecular flexibility index (Phi) is 8.79. The van der Waals surface area contributed by atoms with Crippen molar-refractivity contribution in [1.29, 1.82) is 0 Å². The van der Waals surface area contributed by atoms with Crippen LogP contribution in [0.15, 0.2) is 34.1 Å². The number of hydrogen-bond donors (Lipinski definition) is 1. The van der Waals surface area contributed by atoms with Gasteiger partial charge in [-0.05, 0) is 53.0 Å². The van der Waals surface area contributed by atoms with E-state index in [1.165, 1.54) is 16.2 Å². The van der Waals surface area contributed by atoms with Gasteiger partial charge in [0.15, 0.2) is 11.5 Å². The second-order valence-electron chi connectivity index (χ2n) is 6.17. The lowest BCUT2D eigenvalue weighted by Gasteiger charge is -2.17. The van der Waals surface area contributed by atoms with E-state index in [1.807, 2.05) is 19.9 Å². The Labute approximate surface area is 178 Å². The van der Waals surface area contributed by atoms with E-state index in [-0.39, 0.29) is 18.4 Å². The van der Waals surface area contributed by atoms with Crippen molar-refractivity contribution in [2.75, 3.05) is 32.1 Å². The van der Waals surface area contributed by atoms with Crippen LogP contribution in [0.4, 0.5) is 5.69 Å². The molecule has 0 bridgehead atoms. The first-order valence-corrected chi connectivity index (χ1v) is 10.8. The molecule has 1 heterocycles. The molecule has 0 aliphatic heterocycles. The molecule has 0 unspecified atom stereocenters. The van der Waals surface area contributed by atoms with Crippen LogP contribution in [0.5, 0.6) is 11.5 Å². The summed E-state index contributed by atoms with van der Waals surface area (Å²) in [6.07, 6.45) is 1.77. The van der Waals surface area contributed by atoms with Crippen LogP contribution in [0.1, 0.15) is 36.4 Å². The lowest BCUT2D eigenvalue weighted by molar-refractivity contribution is -0.116. The van der Waals surface area contributed by atoms with Crippen molar-refractivity contribution < 1.29 is 19.1 Å². The van der Waals surface area contributed by atoms with Gasteiger partial charge in [-0.15, -0.1) is 11.3 Å². The second-order valence-corrected chi connectivity index (χ2v) is 8.63. The first kappa shape index (κ1) is 22.2. The quantitative estimate of drug-likeness (QED) is 0.543. The summed E-state index contributed by atoms with van der Waals surface area (Å²) in [6.45, 7) is 5.17. The number of carbonyl (C=O) groups is 2. The van der Waals surface area contributed by atoms with Crippen molar-refractivity contribution in [2.24, 2.45) is 0 Å². The van der Waals surface area contributed by atoms with E-state index in [4.69, 9.17) is 9.47 Å². The van der Waals surface area contributed by atoms with Gasteiger partial charge in [0.1, 0.15) is 0 Å². The summed E-state index contributed by atoms with van der Waals surface area (Å²) in [6, 6.07) is 8.84. The summed E-state index contributed by atoms with van der Waals surface area (Å²) >= 11 is 4.67. The molecule has 0 radical (unpaired) electrons. The van der Waals surface area contributed by atoms with E-state index in [0.29, 0.717) is 35.3 Å². The maximum Gasteiger partial charge on any atom is 0.264 e. The van der Waals surface area contributed by atoms with E-state index in [9.17, 15) is 9.59 Å². The molecule has 0 spiro atoms. The van der Waals surface area contributed by atoms with E-state index < -0.39 is 0 Å². The molecule has 28 heavy (non-hydrogen) atoms. The zero-order valence-electron chi connectivity index (χ0n) is 16.3. The van der Waals surface area contributed by atoms with E-state index in [2.05, 4.69) is 21.2 Å². The first-order valence-electron chi connectivity index (χ1n) is 9.14. The van der Waals surface area contributed by atoms with Gasteiger partial charge in [0.2, 0.25) is 5.91 Å². The van der Waals surface area contributed by atoms with Crippen LogP contribution < -0.4 is 14.8 Å². The fraction of sp³-hybridized carbons (Fsp3) is 0.400. The van der Waals surface area contributed by atoms with Gasteiger partial charge < -0.3 is 19.7 Å². The number of halogens is 1. The lowest BCUT2D eigenvalue weighted by atomic mass is 10.2. The standard InChI is InChI=1S/C20H25BrN2O4S/c1-4-10-26-15-7-6-14(12-16(15)27-11-5-2)22-19(24)13-23(3)20(25)17-8-9-18(21)28-17/h6-9,12H,4-5,10-11,13H2,1-3H3,(H,22,24). The fourth-order valence-corrected chi connectivity index (χ4v) is 3.73. The van der Waals surface area contributed by atoms with Gasteiger partial charge in [0.25, 0.3) is 5.91 Å². The Morgan fingerprint density at radius 2 is 1.75 bits per heavy atom. The zero-order chi connectivity index (χ0) is 20.5. The van der Waals surface area contributed by atoms with Crippen molar-refractivity contribution in [3.05, 3.63) is 39.0 Å². The monoisotopic (exact) mass is 468 g/mol. The summed E-state index contributed by atoms with van der Waals surface area (Å²) in [7, 11) is 1.60. The first-order chi connectivity index (χ1) is 13.4. The average Bonchev–Trinajstić information content (AvgIpc) is 3.11. The maximum absolute atomic E-state index is 12.4. The largest absolute Gasteiger partial charge is 0.490 e. The van der Waals surface area contributed by atoms with Gasteiger partial charge in [-0.25, -0.2) is 0 Å². The van der Waals surface area contributed by atoms with Crippen molar-refractivity contribution in [2.45, 2.75) is 26.7 Å². The highest BCUT2D eigenvalue weighted by atomic mass is 79.9. The third-order valence-electron chi connectivity index (χ3n) is 3.66. The average molecular weight is 469 g/mol. The third kappa shape index (κ3) is 6.53. The number of nitrogens with one attached hydrogen (secondary N) is 1. The van der Waals surface area contributed by atoms with Crippen molar-refractivity contribution in [3.63, 3.8) is 0 Å². The highest BCUT2D eigenvalue weighted by Crippen LogP contribution is 2.31. The molecule has 0 saturated carbocycles. The smallest absolute Gasteiger partial charge is 0.264 e. The number of amides is 2. The van der Waals surface area contributed by atoms with Gasteiger partial charge in [-0.2, -0.15) is 0 Å². The highest BCUT2D eigenvalue weighted by Gasteiger charge is 2.17. The van der Waals surface area contributed by atoms with Gasteiger partial charge in [0, 0.05) is 18.8 Å². The molecule has 0 aliphatic rings. The van der Waals surface area contributed by atoms with Crippen LogP contribution >= 0.6 is 27.3 Å². The van der Waals surface area contributed by atoms with Crippen LogP contribution in [0.2, 0.25) is 0 Å². The Morgan fingerprint density at radius 1 is 1.07 bits per heavy atom. The molecule has 2 aromatic rings. The van der Waals surface area contributed by atoms with Gasteiger partial charge >= 0.3 is 0 Å². The summed E-state index contributed by atoms with van der Waals surface area (Å²) < 4.78 is 12.3. The molecule has 1 aromatic heterocycles. The lowest BCUT2D eigenvalue weighted by Crippen LogP contribution is -2.34. The maximum atomic E-state index is 12.4. The number of ether oxygens (including phenoxy) is 2. The fourth-order valence-electron chi connectivity index (χ4n) is 2.35. The Morgan fingerprint density at radius 3 is 2.36 bits per heavy atom. The minimum absolute atomic E-state index is 0.0480.